The molecule has 6 rings (SSSR count). The lowest BCUT2D eigenvalue weighted by Crippen LogP contribution is -2.79. The molecule has 0 radical (unpaired) electrons. The van der Waals surface area contributed by atoms with Crippen LogP contribution in [0.15, 0.2) is 18.2 Å². The van der Waals surface area contributed by atoms with E-state index in [1.807, 2.05) is 41.8 Å². The van der Waals surface area contributed by atoms with Crippen molar-refractivity contribution in [2.75, 3.05) is 37.6 Å². The third-order valence-electron chi connectivity index (χ3n) is 7.80. The largest absolute Gasteiger partial charge is 0.331 e. The van der Waals surface area contributed by atoms with E-state index in [1.54, 1.807) is 0 Å². The minimum atomic E-state index is 0.0545. The van der Waals surface area contributed by atoms with E-state index in [0.717, 1.165) is 41.8 Å². The van der Waals surface area contributed by atoms with Crippen molar-refractivity contribution < 1.29 is 9.59 Å². The number of carbonyl (C=O) groups excluding carboxylic acids is 2. The molecule has 4 aliphatic rings. The molecule has 0 bridgehead atoms. The molecule has 2 unspecified atom stereocenters. The molecule has 3 amide bonds. The van der Waals surface area contributed by atoms with Gasteiger partial charge in [-0.05, 0) is 62.8 Å². The molecule has 30 heavy (non-hydrogen) atoms. The molecular formula is C22H27N5O2S. The van der Waals surface area contributed by atoms with Gasteiger partial charge in [0.2, 0.25) is 0 Å². The van der Waals surface area contributed by atoms with E-state index in [0.29, 0.717) is 18.3 Å². The van der Waals surface area contributed by atoms with Crippen molar-refractivity contribution in [1.82, 2.24) is 19.1 Å². The Bertz CT molecular complexity index is 1050. The van der Waals surface area contributed by atoms with Crippen LogP contribution in [-0.2, 0) is 0 Å². The van der Waals surface area contributed by atoms with Gasteiger partial charge in [-0.25, -0.2) is 4.79 Å². The molecule has 1 saturated carbocycles. The summed E-state index contributed by atoms with van der Waals surface area (Å²) >= 11 is 1.36. The second kappa shape index (κ2) is 6.40. The lowest BCUT2D eigenvalue weighted by molar-refractivity contribution is -0.161. The predicted molar refractivity (Wildman–Crippen MR) is 117 cm³/mol. The van der Waals surface area contributed by atoms with E-state index in [2.05, 4.69) is 14.2 Å². The molecule has 1 aromatic heterocycles. The molecule has 8 heteroatoms. The van der Waals surface area contributed by atoms with Crippen LogP contribution in [0.5, 0.6) is 0 Å². The number of hydrogen-bond donors (Lipinski definition) is 0. The van der Waals surface area contributed by atoms with Gasteiger partial charge in [0.25, 0.3) is 5.91 Å². The zero-order valence-corrected chi connectivity index (χ0v) is 18.3. The van der Waals surface area contributed by atoms with Gasteiger partial charge in [-0.15, -0.1) is 0 Å². The zero-order valence-electron chi connectivity index (χ0n) is 17.5. The number of benzene rings is 1. The third-order valence-corrected chi connectivity index (χ3v) is 8.61. The van der Waals surface area contributed by atoms with Crippen molar-refractivity contribution in [2.45, 2.75) is 50.7 Å². The van der Waals surface area contributed by atoms with E-state index in [9.17, 15) is 9.59 Å². The van der Waals surface area contributed by atoms with Gasteiger partial charge in [0.15, 0.2) is 0 Å². The first-order valence-corrected chi connectivity index (χ1v) is 11.8. The number of hydrogen-bond acceptors (Lipinski definition) is 5. The van der Waals surface area contributed by atoms with Crippen LogP contribution in [0.2, 0.25) is 0 Å². The molecule has 0 N–H and O–H groups in total. The molecule has 7 nitrogen and oxygen atoms in total. The fourth-order valence-electron chi connectivity index (χ4n) is 5.89. The summed E-state index contributed by atoms with van der Waals surface area (Å²) < 4.78 is 5.54. The Kier molecular flexibility index (Phi) is 3.96. The maximum absolute atomic E-state index is 13.4. The number of urea groups is 1. The summed E-state index contributed by atoms with van der Waals surface area (Å²) in [6.07, 6.45) is 3.55. The Morgan fingerprint density at radius 2 is 2.03 bits per heavy atom. The van der Waals surface area contributed by atoms with Crippen molar-refractivity contribution >= 4 is 39.2 Å². The SMILES string of the molecule is CC(C)N1CCN(c2ccc3c(C(=O)N4CCN5CCC56CCC46)nsc3c2)C1=O. The van der Waals surface area contributed by atoms with Gasteiger partial charge in [0, 0.05) is 55.4 Å². The average molecular weight is 426 g/mol. The fourth-order valence-corrected chi connectivity index (χ4v) is 6.69. The minimum Gasteiger partial charge on any atom is -0.331 e. The van der Waals surface area contributed by atoms with E-state index in [4.69, 9.17) is 0 Å². The molecule has 4 fully saturated rings. The van der Waals surface area contributed by atoms with Crippen LogP contribution in [0.3, 0.4) is 0 Å². The smallest absolute Gasteiger partial charge is 0.324 e. The van der Waals surface area contributed by atoms with E-state index in [-0.39, 0.29) is 23.5 Å². The highest BCUT2D eigenvalue weighted by molar-refractivity contribution is 7.13. The first-order valence-electron chi connectivity index (χ1n) is 11.0. The van der Waals surface area contributed by atoms with Crippen LogP contribution in [0.4, 0.5) is 10.5 Å². The van der Waals surface area contributed by atoms with Crippen LogP contribution in [0.25, 0.3) is 10.1 Å². The standard InChI is InChI=1S/C22H27N5O2S/c1-14(2)25-11-12-26(21(25)29)15-3-4-16-17(13-15)30-23-19(16)20(28)27-10-9-24-8-7-22(24)6-5-18(22)27/h3-4,13-14,18H,5-12H2,1-2H3. The van der Waals surface area contributed by atoms with E-state index < -0.39 is 0 Å². The number of piperazine rings is 1. The van der Waals surface area contributed by atoms with Gasteiger partial charge in [-0.3, -0.25) is 14.6 Å². The number of nitrogens with zero attached hydrogens (tertiary/aromatic N) is 5. The Hall–Kier alpha value is -2.19. The van der Waals surface area contributed by atoms with Crippen molar-refractivity contribution in [3.63, 3.8) is 0 Å². The number of amides is 3. The first kappa shape index (κ1) is 18.6. The lowest BCUT2D eigenvalue weighted by Gasteiger charge is -2.68. The molecule has 1 aliphatic carbocycles. The quantitative estimate of drug-likeness (QED) is 0.759. The maximum Gasteiger partial charge on any atom is 0.324 e. The Balaban J connectivity index is 1.27. The summed E-state index contributed by atoms with van der Waals surface area (Å²) in [6, 6.07) is 6.56. The second-order valence-electron chi connectivity index (χ2n) is 9.33. The Morgan fingerprint density at radius 1 is 1.17 bits per heavy atom. The highest BCUT2D eigenvalue weighted by Gasteiger charge is 2.61. The van der Waals surface area contributed by atoms with Gasteiger partial charge in [-0.2, -0.15) is 4.37 Å². The van der Waals surface area contributed by atoms with Gasteiger partial charge < -0.3 is 9.80 Å². The summed E-state index contributed by atoms with van der Waals surface area (Å²) in [5, 5.41) is 0.908. The molecule has 1 aromatic carbocycles. The summed E-state index contributed by atoms with van der Waals surface area (Å²) in [6.45, 7) is 8.50. The summed E-state index contributed by atoms with van der Waals surface area (Å²) in [5.41, 5.74) is 1.73. The molecule has 2 aromatic rings. The van der Waals surface area contributed by atoms with E-state index in [1.165, 1.54) is 30.9 Å². The van der Waals surface area contributed by atoms with Crippen LogP contribution in [0.1, 0.15) is 43.6 Å². The molecule has 2 atom stereocenters. The normalized spacial score (nSPS) is 28.6. The Morgan fingerprint density at radius 3 is 2.70 bits per heavy atom. The van der Waals surface area contributed by atoms with Gasteiger partial charge in [0.05, 0.1) is 10.7 Å². The predicted octanol–water partition coefficient (Wildman–Crippen LogP) is 3.01. The first-order chi connectivity index (χ1) is 14.5. The molecule has 3 aliphatic heterocycles. The van der Waals surface area contributed by atoms with Crippen LogP contribution in [-0.4, -0.2) is 81.4 Å². The molecule has 158 valence electrons. The molecule has 3 saturated heterocycles. The number of carbonyl (C=O) groups is 2. The second-order valence-corrected chi connectivity index (χ2v) is 10.1. The molecular weight excluding hydrogens is 398 g/mol. The summed E-state index contributed by atoms with van der Waals surface area (Å²) in [4.78, 5) is 34.5. The third kappa shape index (κ3) is 2.37. The topological polar surface area (TPSA) is 60.0 Å². The van der Waals surface area contributed by atoms with Gasteiger partial charge >= 0.3 is 6.03 Å². The molecule has 4 heterocycles. The number of anilines is 1. The maximum atomic E-state index is 13.4. The van der Waals surface area contributed by atoms with Crippen molar-refractivity contribution in [1.29, 1.82) is 0 Å². The number of aromatic nitrogens is 1. The fraction of sp³-hybridized carbons (Fsp3) is 0.591. The van der Waals surface area contributed by atoms with Crippen LogP contribution < -0.4 is 4.90 Å². The van der Waals surface area contributed by atoms with Gasteiger partial charge in [0.1, 0.15) is 5.69 Å². The highest BCUT2D eigenvalue weighted by atomic mass is 32.1. The number of rotatable bonds is 3. The summed E-state index contributed by atoms with van der Waals surface area (Å²) in [5.74, 6) is 0.0767. The average Bonchev–Trinajstić information content (AvgIpc) is 3.27. The van der Waals surface area contributed by atoms with Crippen LogP contribution >= 0.6 is 11.5 Å². The van der Waals surface area contributed by atoms with Crippen molar-refractivity contribution in [3.05, 3.63) is 23.9 Å². The van der Waals surface area contributed by atoms with E-state index >= 15 is 0 Å². The zero-order chi connectivity index (χ0) is 20.6. The number of fused-ring (bicyclic) bond motifs is 1. The lowest BCUT2D eigenvalue weighted by atomic mass is 9.61. The highest BCUT2D eigenvalue weighted by Crippen LogP contribution is 2.52. The molecule has 1 spiro atoms. The Labute approximate surface area is 180 Å². The van der Waals surface area contributed by atoms with Crippen LogP contribution in [0, 0.1) is 0 Å². The van der Waals surface area contributed by atoms with Crippen molar-refractivity contribution in [3.8, 4) is 0 Å². The van der Waals surface area contributed by atoms with Crippen molar-refractivity contribution in [2.24, 2.45) is 0 Å². The minimum absolute atomic E-state index is 0.0545. The monoisotopic (exact) mass is 425 g/mol. The summed E-state index contributed by atoms with van der Waals surface area (Å²) in [7, 11) is 0. The van der Waals surface area contributed by atoms with Gasteiger partial charge in [-0.1, -0.05) is 0 Å².